The summed E-state index contributed by atoms with van der Waals surface area (Å²) in [5.41, 5.74) is 1.06. The highest BCUT2D eigenvalue weighted by atomic mass is 79.9. The number of piperidine rings is 1. The molecule has 0 radical (unpaired) electrons. The van der Waals surface area contributed by atoms with Gasteiger partial charge in [0.15, 0.2) is 9.84 Å². The Kier molecular flexibility index (Phi) is 8.51. The Bertz CT molecular complexity index is 1090. The number of hydrogen-bond donors (Lipinski definition) is 0. The number of methoxy groups -OCH3 is 2. The van der Waals surface area contributed by atoms with E-state index in [-0.39, 0.29) is 22.0 Å². The number of sulfone groups is 1. The zero-order valence-corrected chi connectivity index (χ0v) is 20.7. The van der Waals surface area contributed by atoms with Crippen LogP contribution in [0.3, 0.4) is 0 Å². The fourth-order valence-electron chi connectivity index (χ4n) is 3.90. The molecule has 172 valence electrons. The van der Waals surface area contributed by atoms with Crippen LogP contribution >= 0.6 is 15.9 Å². The third-order valence-electron chi connectivity index (χ3n) is 5.50. The lowest BCUT2D eigenvalue weighted by Gasteiger charge is -2.24. The van der Waals surface area contributed by atoms with Gasteiger partial charge in [-0.3, -0.25) is 4.90 Å². The molecule has 0 aromatic heterocycles. The van der Waals surface area contributed by atoms with Crippen molar-refractivity contribution in [3.8, 4) is 5.75 Å². The van der Waals surface area contributed by atoms with Gasteiger partial charge in [0.05, 0.1) is 29.3 Å². The summed E-state index contributed by atoms with van der Waals surface area (Å²) < 4.78 is 37.5. The quantitative estimate of drug-likeness (QED) is 0.468. The van der Waals surface area contributed by atoms with Crippen molar-refractivity contribution in [1.82, 2.24) is 4.90 Å². The highest BCUT2D eigenvalue weighted by molar-refractivity contribution is 9.10. The Hall–Kier alpha value is -2.16. The predicted molar refractivity (Wildman–Crippen MR) is 129 cm³/mol. The first-order chi connectivity index (χ1) is 15.4. The molecular weight excluding hydrogens is 494 g/mol. The highest BCUT2D eigenvalue weighted by Gasteiger charge is 2.26. The molecule has 32 heavy (non-hydrogen) atoms. The van der Waals surface area contributed by atoms with Crippen molar-refractivity contribution >= 4 is 37.8 Å². The number of halogens is 1. The number of carbonyl (C=O) groups is 1. The summed E-state index contributed by atoms with van der Waals surface area (Å²) in [4.78, 5) is 15.0. The van der Waals surface area contributed by atoms with Gasteiger partial charge in [-0.15, -0.1) is 0 Å². The van der Waals surface area contributed by atoms with E-state index in [2.05, 4.69) is 20.8 Å². The predicted octanol–water partition coefficient (Wildman–Crippen LogP) is 4.72. The maximum atomic E-state index is 13.4. The first-order valence-electron chi connectivity index (χ1n) is 10.5. The Morgan fingerprint density at radius 1 is 1.09 bits per heavy atom. The molecule has 2 aromatic carbocycles. The number of hydrogen-bond acceptors (Lipinski definition) is 6. The zero-order chi connectivity index (χ0) is 23.1. The van der Waals surface area contributed by atoms with Gasteiger partial charge in [-0.05, 0) is 65.1 Å². The van der Waals surface area contributed by atoms with Crippen LogP contribution in [0, 0.1) is 0 Å². The molecule has 0 bridgehead atoms. The van der Waals surface area contributed by atoms with Crippen LogP contribution in [-0.2, 0) is 20.3 Å². The molecular formula is C24H28BrNO5S. The maximum Gasteiger partial charge on any atom is 0.342 e. The molecule has 8 heteroatoms. The fourth-order valence-corrected chi connectivity index (χ4v) is 5.98. The minimum Gasteiger partial charge on any atom is -0.495 e. The summed E-state index contributed by atoms with van der Waals surface area (Å²) >= 11 is 3.34. The third kappa shape index (κ3) is 5.79. The highest BCUT2D eigenvalue weighted by Crippen LogP contribution is 2.34. The first kappa shape index (κ1) is 24.5. The second kappa shape index (κ2) is 11.1. The number of benzene rings is 2. The molecule has 0 amide bonds. The molecule has 3 rings (SSSR count). The molecule has 1 heterocycles. The SMILES string of the molecule is COC(=O)c1c(CS(=O)(=O)c2ccccc2/C=C/CN2CCCCC2)ccc(Br)c1OC. The van der Waals surface area contributed by atoms with Crippen LogP contribution in [0.5, 0.6) is 5.75 Å². The van der Waals surface area contributed by atoms with Crippen LogP contribution in [0.1, 0.15) is 40.7 Å². The average Bonchev–Trinajstić information content (AvgIpc) is 2.80. The van der Waals surface area contributed by atoms with E-state index >= 15 is 0 Å². The first-order valence-corrected chi connectivity index (χ1v) is 13.0. The van der Waals surface area contributed by atoms with E-state index in [0.29, 0.717) is 15.6 Å². The molecule has 6 nitrogen and oxygen atoms in total. The number of likely N-dealkylation sites (tertiary alicyclic amines) is 1. The van der Waals surface area contributed by atoms with E-state index < -0.39 is 15.8 Å². The molecule has 0 saturated carbocycles. The second-order valence-electron chi connectivity index (χ2n) is 7.67. The second-order valence-corrected chi connectivity index (χ2v) is 10.5. The average molecular weight is 522 g/mol. The fraction of sp³-hybridized carbons (Fsp3) is 0.375. The van der Waals surface area contributed by atoms with Crippen LogP contribution in [0.25, 0.3) is 6.08 Å². The lowest BCUT2D eigenvalue weighted by molar-refractivity contribution is 0.0596. The number of nitrogens with zero attached hydrogens (tertiary/aromatic N) is 1. The molecule has 0 unspecified atom stereocenters. The van der Waals surface area contributed by atoms with Crippen LogP contribution in [0.4, 0.5) is 0 Å². The smallest absolute Gasteiger partial charge is 0.342 e. The molecule has 0 atom stereocenters. The molecule has 1 aliphatic heterocycles. The van der Waals surface area contributed by atoms with Crippen LogP contribution in [-0.4, -0.2) is 53.1 Å². The van der Waals surface area contributed by atoms with Crippen molar-refractivity contribution in [2.75, 3.05) is 33.9 Å². The molecule has 1 aliphatic rings. The van der Waals surface area contributed by atoms with Crippen molar-refractivity contribution in [2.45, 2.75) is 29.9 Å². The summed E-state index contributed by atoms with van der Waals surface area (Å²) in [6.07, 6.45) is 7.57. The van der Waals surface area contributed by atoms with Crippen LogP contribution < -0.4 is 4.74 Å². The van der Waals surface area contributed by atoms with Crippen molar-refractivity contribution in [1.29, 1.82) is 0 Å². The van der Waals surface area contributed by atoms with Crippen molar-refractivity contribution in [2.24, 2.45) is 0 Å². The van der Waals surface area contributed by atoms with Gasteiger partial charge in [0, 0.05) is 6.54 Å². The van der Waals surface area contributed by atoms with E-state index in [9.17, 15) is 13.2 Å². The van der Waals surface area contributed by atoms with Gasteiger partial charge in [0.25, 0.3) is 0 Å². The van der Waals surface area contributed by atoms with Crippen molar-refractivity contribution < 1.29 is 22.7 Å². The molecule has 0 spiro atoms. The van der Waals surface area contributed by atoms with E-state index in [1.54, 1.807) is 30.3 Å². The van der Waals surface area contributed by atoms with E-state index in [4.69, 9.17) is 9.47 Å². The van der Waals surface area contributed by atoms with Gasteiger partial charge in [0.2, 0.25) is 0 Å². The van der Waals surface area contributed by atoms with Gasteiger partial charge >= 0.3 is 5.97 Å². The normalized spacial score (nSPS) is 15.1. The number of ether oxygens (including phenoxy) is 2. The Balaban J connectivity index is 1.90. The van der Waals surface area contributed by atoms with Gasteiger partial charge in [-0.2, -0.15) is 0 Å². The Morgan fingerprint density at radius 3 is 2.50 bits per heavy atom. The van der Waals surface area contributed by atoms with Gasteiger partial charge < -0.3 is 9.47 Å². The summed E-state index contributed by atoms with van der Waals surface area (Å²) in [6.45, 7) is 2.95. The third-order valence-corrected chi connectivity index (χ3v) is 7.86. The zero-order valence-electron chi connectivity index (χ0n) is 18.3. The van der Waals surface area contributed by atoms with Crippen LogP contribution in [0.15, 0.2) is 51.8 Å². The summed E-state index contributed by atoms with van der Waals surface area (Å²) in [5, 5.41) is 0. The van der Waals surface area contributed by atoms with E-state index in [1.165, 1.54) is 33.5 Å². The minimum atomic E-state index is -3.74. The molecule has 1 fully saturated rings. The van der Waals surface area contributed by atoms with E-state index in [0.717, 1.165) is 19.6 Å². The summed E-state index contributed by atoms with van der Waals surface area (Å²) in [5.74, 6) is -0.750. The van der Waals surface area contributed by atoms with Gasteiger partial charge in [-0.25, -0.2) is 13.2 Å². The van der Waals surface area contributed by atoms with Crippen molar-refractivity contribution in [3.63, 3.8) is 0 Å². The number of carbonyl (C=O) groups excluding carboxylic acids is 1. The monoisotopic (exact) mass is 521 g/mol. The minimum absolute atomic E-state index is 0.103. The maximum absolute atomic E-state index is 13.4. The number of esters is 1. The van der Waals surface area contributed by atoms with Gasteiger partial charge in [-0.1, -0.05) is 42.8 Å². The Labute approximate surface area is 198 Å². The van der Waals surface area contributed by atoms with Gasteiger partial charge in [0.1, 0.15) is 11.3 Å². The summed E-state index contributed by atoms with van der Waals surface area (Å²) in [7, 11) is -1.07. The molecule has 2 aromatic rings. The largest absolute Gasteiger partial charge is 0.495 e. The number of rotatable bonds is 8. The van der Waals surface area contributed by atoms with E-state index in [1.807, 2.05) is 18.2 Å². The molecule has 1 saturated heterocycles. The Morgan fingerprint density at radius 2 is 1.81 bits per heavy atom. The van der Waals surface area contributed by atoms with Crippen molar-refractivity contribution in [3.05, 3.63) is 63.6 Å². The standard InChI is InChI=1S/C24H28BrNO5S/c1-30-23-20(25)13-12-19(22(23)24(27)31-2)17-32(28,29)21-11-5-4-9-18(21)10-8-16-26-14-6-3-7-15-26/h4-5,8-13H,3,6-7,14-17H2,1-2H3/b10-8+. The lowest BCUT2D eigenvalue weighted by Crippen LogP contribution is -2.29. The molecule has 0 N–H and O–H groups in total. The summed E-state index contributed by atoms with van der Waals surface area (Å²) in [6, 6.07) is 10.2. The topological polar surface area (TPSA) is 72.9 Å². The van der Waals surface area contributed by atoms with Crippen LogP contribution in [0.2, 0.25) is 0 Å². The molecule has 0 aliphatic carbocycles. The lowest BCUT2D eigenvalue weighted by atomic mass is 10.1.